The molecule has 0 radical (unpaired) electrons. The van der Waals surface area contributed by atoms with Gasteiger partial charge in [0.2, 0.25) is 5.91 Å². The van der Waals surface area contributed by atoms with Crippen molar-refractivity contribution >= 4 is 69.2 Å². The summed E-state index contributed by atoms with van der Waals surface area (Å²) in [7, 11) is 0. The Morgan fingerprint density at radius 3 is 2.61 bits per heavy atom. The van der Waals surface area contributed by atoms with Crippen molar-refractivity contribution in [1.29, 1.82) is 0 Å². The van der Waals surface area contributed by atoms with Crippen LogP contribution in [0.5, 0.6) is 0 Å². The minimum Gasteiger partial charge on any atom is -0.457 e. The highest BCUT2D eigenvalue weighted by molar-refractivity contribution is 14.1. The number of anilines is 1. The van der Waals surface area contributed by atoms with E-state index in [0.717, 1.165) is 20.4 Å². The van der Waals surface area contributed by atoms with E-state index in [9.17, 15) is 4.79 Å². The van der Waals surface area contributed by atoms with Crippen molar-refractivity contribution in [2.24, 2.45) is 0 Å². The summed E-state index contributed by atoms with van der Waals surface area (Å²) in [5, 5.41) is 6.47. The van der Waals surface area contributed by atoms with E-state index in [1.165, 1.54) is 6.08 Å². The van der Waals surface area contributed by atoms with Crippen molar-refractivity contribution < 1.29 is 9.21 Å². The van der Waals surface area contributed by atoms with Crippen molar-refractivity contribution in [2.45, 2.75) is 6.92 Å². The van der Waals surface area contributed by atoms with E-state index in [-0.39, 0.29) is 11.0 Å². The molecular formula is C21H16ClIN2O2S. The summed E-state index contributed by atoms with van der Waals surface area (Å²) in [6.45, 7) is 1.94. The van der Waals surface area contributed by atoms with Gasteiger partial charge in [0, 0.05) is 25.9 Å². The Hall–Kier alpha value is -2.16. The number of furan rings is 1. The van der Waals surface area contributed by atoms with Crippen molar-refractivity contribution in [3.05, 3.63) is 80.6 Å². The first-order valence-corrected chi connectivity index (χ1v) is 10.2. The quantitative estimate of drug-likeness (QED) is 0.249. The van der Waals surface area contributed by atoms with Crippen LogP contribution in [-0.2, 0) is 4.79 Å². The molecule has 1 aromatic heterocycles. The van der Waals surface area contributed by atoms with Gasteiger partial charge in [-0.25, -0.2) is 0 Å². The van der Waals surface area contributed by atoms with Crippen LogP contribution in [0.1, 0.15) is 11.3 Å². The fourth-order valence-electron chi connectivity index (χ4n) is 2.35. The number of rotatable bonds is 4. The molecule has 0 spiro atoms. The molecule has 0 unspecified atom stereocenters. The fraction of sp³-hybridized carbons (Fsp3) is 0.0476. The van der Waals surface area contributed by atoms with Gasteiger partial charge < -0.3 is 9.73 Å². The predicted octanol–water partition coefficient (Wildman–Crippen LogP) is 6.04. The molecular weight excluding hydrogens is 507 g/mol. The minimum atomic E-state index is -0.348. The maximum Gasteiger partial charge on any atom is 0.250 e. The number of carbonyl (C=O) groups excluding carboxylic acids is 1. The number of aryl methyl sites for hydroxylation is 1. The molecule has 1 amide bonds. The highest BCUT2D eigenvalue weighted by Gasteiger charge is 2.06. The van der Waals surface area contributed by atoms with Crippen LogP contribution in [-0.4, -0.2) is 11.0 Å². The number of amides is 1. The van der Waals surface area contributed by atoms with E-state index in [1.54, 1.807) is 12.1 Å². The lowest BCUT2D eigenvalue weighted by Crippen LogP contribution is -2.32. The average molecular weight is 523 g/mol. The minimum absolute atomic E-state index is 0.227. The third-order valence-corrected chi connectivity index (χ3v) is 5.15. The Kier molecular flexibility index (Phi) is 6.88. The second kappa shape index (κ2) is 9.36. The highest BCUT2D eigenvalue weighted by atomic mass is 127. The van der Waals surface area contributed by atoms with Gasteiger partial charge in [0.15, 0.2) is 5.11 Å². The van der Waals surface area contributed by atoms with Crippen molar-refractivity contribution in [1.82, 2.24) is 5.32 Å². The van der Waals surface area contributed by atoms with E-state index in [0.29, 0.717) is 16.5 Å². The van der Waals surface area contributed by atoms with Crippen molar-refractivity contribution in [2.75, 3.05) is 5.32 Å². The van der Waals surface area contributed by atoms with Gasteiger partial charge >= 0.3 is 0 Å². The molecule has 142 valence electrons. The van der Waals surface area contributed by atoms with Gasteiger partial charge in [-0.05, 0) is 95.8 Å². The van der Waals surface area contributed by atoms with Crippen LogP contribution in [0.25, 0.3) is 17.4 Å². The Bertz CT molecular complexity index is 1040. The molecule has 7 heteroatoms. The van der Waals surface area contributed by atoms with Crippen LogP contribution in [0.2, 0.25) is 5.02 Å². The maximum atomic E-state index is 12.0. The summed E-state index contributed by atoms with van der Waals surface area (Å²) in [5.74, 6) is 0.885. The number of nitrogens with one attached hydrogen (secondary N) is 2. The third-order valence-electron chi connectivity index (χ3n) is 3.82. The molecule has 2 N–H and O–H groups in total. The summed E-state index contributed by atoms with van der Waals surface area (Å²) in [5.41, 5.74) is 2.69. The van der Waals surface area contributed by atoms with Crippen LogP contribution in [0.3, 0.4) is 0 Å². The Balaban J connectivity index is 1.58. The van der Waals surface area contributed by atoms with Crippen molar-refractivity contribution in [3.8, 4) is 11.3 Å². The van der Waals surface area contributed by atoms with Gasteiger partial charge in [0.05, 0.1) is 0 Å². The maximum absolute atomic E-state index is 12.0. The molecule has 0 saturated carbocycles. The monoisotopic (exact) mass is 522 g/mol. The van der Waals surface area contributed by atoms with Crippen LogP contribution in [0.15, 0.2) is 65.1 Å². The van der Waals surface area contributed by atoms with Crippen LogP contribution in [0.4, 0.5) is 5.69 Å². The van der Waals surface area contributed by atoms with E-state index in [2.05, 4.69) is 33.2 Å². The normalized spacial score (nSPS) is 10.8. The molecule has 0 aliphatic heterocycles. The molecule has 0 fully saturated rings. The van der Waals surface area contributed by atoms with E-state index >= 15 is 0 Å². The van der Waals surface area contributed by atoms with Crippen LogP contribution < -0.4 is 10.6 Å². The zero-order valence-corrected chi connectivity index (χ0v) is 18.6. The van der Waals surface area contributed by atoms with E-state index in [4.69, 9.17) is 28.2 Å². The molecule has 0 atom stereocenters. The summed E-state index contributed by atoms with van der Waals surface area (Å²) in [6, 6.07) is 17.0. The molecule has 3 rings (SSSR count). The van der Waals surface area contributed by atoms with Crippen molar-refractivity contribution in [3.63, 3.8) is 0 Å². The number of thiocarbonyl (C=S) groups is 1. The Morgan fingerprint density at radius 2 is 1.89 bits per heavy atom. The fourth-order valence-corrected chi connectivity index (χ4v) is 3.11. The summed E-state index contributed by atoms with van der Waals surface area (Å²) >= 11 is 13.5. The molecule has 28 heavy (non-hydrogen) atoms. The van der Waals surface area contributed by atoms with Gasteiger partial charge in [-0.3, -0.25) is 10.1 Å². The SMILES string of the molecule is Cc1ccc(-c2ccc(/C=C/C(=O)NC(=S)Nc3ccc(I)cc3)o2)cc1Cl. The zero-order valence-electron chi connectivity index (χ0n) is 14.8. The lowest BCUT2D eigenvalue weighted by Gasteiger charge is -2.07. The first-order chi connectivity index (χ1) is 13.4. The molecule has 0 saturated heterocycles. The first kappa shape index (κ1) is 20.6. The lowest BCUT2D eigenvalue weighted by atomic mass is 10.1. The first-order valence-electron chi connectivity index (χ1n) is 8.33. The number of halogens is 2. The average Bonchev–Trinajstić information content (AvgIpc) is 3.13. The summed E-state index contributed by atoms with van der Waals surface area (Å²) in [4.78, 5) is 12.0. The van der Waals surface area contributed by atoms with Crippen LogP contribution in [0, 0.1) is 10.5 Å². The lowest BCUT2D eigenvalue weighted by molar-refractivity contribution is -0.115. The standard InChI is InChI=1S/C21H16ClIN2O2S/c1-13-2-3-14(12-18(13)22)19-10-8-17(27-19)9-11-20(26)25-21(28)24-16-6-4-15(23)5-7-16/h2-12H,1H3,(H2,24,25,26,28)/b11-9+. The molecule has 3 aromatic rings. The molecule has 0 aliphatic rings. The summed E-state index contributed by atoms with van der Waals surface area (Å²) < 4.78 is 6.87. The van der Waals surface area contributed by atoms with Gasteiger partial charge in [-0.15, -0.1) is 0 Å². The van der Waals surface area contributed by atoms with E-state index in [1.807, 2.05) is 55.5 Å². The largest absolute Gasteiger partial charge is 0.457 e. The molecule has 4 nitrogen and oxygen atoms in total. The van der Waals surface area contributed by atoms with Crippen LogP contribution >= 0.6 is 46.4 Å². The molecule has 0 aliphatic carbocycles. The zero-order chi connectivity index (χ0) is 20.1. The topological polar surface area (TPSA) is 54.3 Å². The predicted molar refractivity (Wildman–Crippen MR) is 126 cm³/mol. The van der Waals surface area contributed by atoms with Gasteiger partial charge in [-0.2, -0.15) is 0 Å². The molecule has 1 heterocycles. The molecule has 2 aromatic carbocycles. The highest BCUT2D eigenvalue weighted by Crippen LogP contribution is 2.27. The second-order valence-electron chi connectivity index (χ2n) is 5.95. The van der Waals surface area contributed by atoms with Gasteiger partial charge in [0.25, 0.3) is 0 Å². The Labute approximate surface area is 187 Å². The third kappa shape index (κ3) is 5.67. The van der Waals surface area contributed by atoms with E-state index < -0.39 is 0 Å². The number of carbonyl (C=O) groups is 1. The smallest absolute Gasteiger partial charge is 0.250 e. The Morgan fingerprint density at radius 1 is 1.14 bits per heavy atom. The second-order valence-corrected chi connectivity index (χ2v) is 8.01. The van der Waals surface area contributed by atoms with Gasteiger partial charge in [-0.1, -0.05) is 23.7 Å². The number of hydrogen-bond donors (Lipinski definition) is 2. The molecule has 0 bridgehead atoms. The summed E-state index contributed by atoms with van der Waals surface area (Å²) in [6.07, 6.45) is 2.95. The number of hydrogen-bond acceptors (Lipinski definition) is 3. The van der Waals surface area contributed by atoms with Gasteiger partial charge in [0.1, 0.15) is 11.5 Å². The number of benzene rings is 2.